The Hall–Kier alpha value is -1.85. The quantitative estimate of drug-likeness (QED) is 0.647. The van der Waals surface area contributed by atoms with Crippen molar-refractivity contribution >= 4 is 17.3 Å². The van der Waals surface area contributed by atoms with Crippen LogP contribution in [-0.2, 0) is 4.74 Å². The zero-order chi connectivity index (χ0) is 13.0. The number of benzene rings is 1. The Labute approximate surface area is 98.0 Å². The fraction of sp³-hybridized carbons (Fsp3) is 0.364. The number of carbonyl (C=O) groups excluding carboxylic acids is 1. The van der Waals surface area contributed by atoms with Crippen molar-refractivity contribution in [3.05, 3.63) is 23.8 Å². The summed E-state index contributed by atoms with van der Waals surface area (Å²) in [5, 5.41) is 0. The van der Waals surface area contributed by atoms with Crippen molar-refractivity contribution in [2.24, 2.45) is 0 Å². The van der Waals surface area contributed by atoms with E-state index < -0.39 is 18.9 Å². The highest BCUT2D eigenvalue weighted by Crippen LogP contribution is 2.28. The minimum absolute atomic E-state index is 0.177. The molecule has 17 heavy (non-hydrogen) atoms. The Bertz CT molecular complexity index is 410. The van der Waals surface area contributed by atoms with Crippen molar-refractivity contribution in [3.8, 4) is 0 Å². The molecule has 94 valence electrons. The average Bonchev–Trinajstić information content (AvgIpc) is 2.26. The predicted molar refractivity (Wildman–Crippen MR) is 61.5 cm³/mol. The molecule has 1 rings (SSSR count). The lowest BCUT2D eigenvalue weighted by Crippen LogP contribution is -2.27. The van der Waals surface area contributed by atoms with Crippen LogP contribution in [0.2, 0.25) is 0 Å². The lowest BCUT2D eigenvalue weighted by Gasteiger charge is -2.22. The smallest absolute Gasteiger partial charge is 0.340 e. The number of methoxy groups -OCH3 is 1. The van der Waals surface area contributed by atoms with E-state index in [1.807, 2.05) is 0 Å². The molecular formula is C11H14F2N2O2. The number of carbonyl (C=O) groups is 1. The molecule has 0 amide bonds. The highest BCUT2D eigenvalue weighted by atomic mass is 19.3. The van der Waals surface area contributed by atoms with Crippen molar-refractivity contribution in [1.29, 1.82) is 0 Å². The SMILES string of the molecule is COC(=O)c1cccc(N)c1N(C)CC(F)F. The van der Waals surface area contributed by atoms with Crippen LogP contribution in [0.5, 0.6) is 0 Å². The van der Waals surface area contributed by atoms with E-state index in [4.69, 9.17) is 5.73 Å². The fourth-order valence-corrected chi connectivity index (χ4v) is 1.56. The summed E-state index contributed by atoms with van der Waals surface area (Å²) in [7, 11) is 2.67. The third-order valence-electron chi connectivity index (χ3n) is 2.27. The van der Waals surface area contributed by atoms with Gasteiger partial charge in [0.15, 0.2) is 0 Å². The zero-order valence-electron chi connectivity index (χ0n) is 9.61. The molecule has 0 heterocycles. The second-order valence-electron chi connectivity index (χ2n) is 3.51. The Morgan fingerprint density at radius 1 is 1.53 bits per heavy atom. The van der Waals surface area contributed by atoms with Gasteiger partial charge in [-0.2, -0.15) is 0 Å². The molecule has 0 bridgehead atoms. The molecule has 0 aliphatic rings. The number of alkyl halides is 2. The van der Waals surface area contributed by atoms with Gasteiger partial charge in [-0.25, -0.2) is 13.6 Å². The summed E-state index contributed by atoms with van der Waals surface area (Å²) in [6.07, 6.45) is -2.51. The van der Waals surface area contributed by atoms with Gasteiger partial charge in [-0.05, 0) is 12.1 Å². The zero-order valence-corrected chi connectivity index (χ0v) is 9.61. The van der Waals surface area contributed by atoms with Crippen molar-refractivity contribution in [2.75, 3.05) is 31.3 Å². The first kappa shape index (κ1) is 13.2. The lowest BCUT2D eigenvalue weighted by atomic mass is 10.1. The van der Waals surface area contributed by atoms with E-state index in [9.17, 15) is 13.6 Å². The summed E-state index contributed by atoms with van der Waals surface area (Å²) in [4.78, 5) is 12.7. The number of hydrogen-bond acceptors (Lipinski definition) is 4. The molecule has 0 spiro atoms. The molecule has 0 saturated carbocycles. The van der Waals surface area contributed by atoms with Gasteiger partial charge in [0.2, 0.25) is 0 Å². The van der Waals surface area contributed by atoms with Gasteiger partial charge in [-0.1, -0.05) is 6.07 Å². The number of nitrogens with two attached hydrogens (primary N) is 1. The maximum Gasteiger partial charge on any atom is 0.340 e. The summed E-state index contributed by atoms with van der Waals surface area (Å²) in [5.74, 6) is -0.603. The molecule has 0 aliphatic heterocycles. The second kappa shape index (κ2) is 5.47. The number of nitrogens with zero attached hydrogens (tertiary/aromatic N) is 1. The molecule has 1 aromatic carbocycles. The van der Waals surface area contributed by atoms with E-state index in [0.29, 0.717) is 0 Å². The van der Waals surface area contributed by atoms with Gasteiger partial charge in [0.05, 0.1) is 30.6 Å². The van der Waals surface area contributed by atoms with E-state index in [1.165, 1.54) is 25.1 Å². The Morgan fingerprint density at radius 3 is 2.71 bits per heavy atom. The number of rotatable bonds is 4. The molecule has 6 heteroatoms. The molecule has 1 aromatic rings. The molecule has 0 unspecified atom stereocenters. The van der Waals surface area contributed by atoms with Gasteiger partial charge in [-0.15, -0.1) is 0 Å². The summed E-state index contributed by atoms with van der Waals surface area (Å²) in [5.41, 5.74) is 6.40. The van der Waals surface area contributed by atoms with Crippen molar-refractivity contribution < 1.29 is 18.3 Å². The first-order valence-corrected chi connectivity index (χ1v) is 4.93. The van der Waals surface area contributed by atoms with Gasteiger partial charge >= 0.3 is 5.97 Å². The highest BCUT2D eigenvalue weighted by Gasteiger charge is 2.19. The van der Waals surface area contributed by atoms with Crippen LogP contribution >= 0.6 is 0 Å². The molecule has 0 saturated heterocycles. The van der Waals surface area contributed by atoms with Crippen LogP contribution in [0.25, 0.3) is 0 Å². The van der Waals surface area contributed by atoms with Crippen LogP contribution in [-0.4, -0.2) is 33.1 Å². The number of esters is 1. The summed E-state index contributed by atoms with van der Waals surface area (Å²) < 4.78 is 29.2. The average molecular weight is 244 g/mol. The van der Waals surface area contributed by atoms with Crippen molar-refractivity contribution in [3.63, 3.8) is 0 Å². The topological polar surface area (TPSA) is 55.6 Å². The van der Waals surface area contributed by atoms with Gasteiger partial charge in [0.1, 0.15) is 0 Å². The van der Waals surface area contributed by atoms with E-state index in [2.05, 4.69) is 4.74 Å². The number of nitrogen functional groups attached to an aromatic ring is 1. The Balaban J connectivity index is 3.15. The molecule has 0 aliphatic carbocycles. The van der Waals surface area contributed by atoms with Crippen LogP contribution < -0.4 is 10.6 Å². The molecule has 0 aromatic heterocycles. The van der Waals surface area contributed by atoms with Crippen LogP contribution in [0.1, 0.15) is 10.4 Å². The monoisotopic (exact) mass is 244 g/mol. The largest absolute Gasteiger partial charge is 0.465 e. The highest BCUT2D eigenvalue weighted by molar-refractivity contribution is 5.99. The van der Waals surface area contributed by atoms with E-state index in [1.54, 1.807) is 12.1 Å². The maximum absolute atomic E-state index is 12.3. The first-order valence-electron chi connectivity index (χ1n) is 4.93. The second-order valence-corrected chi connectivity index (χ2v) is 3.51. The van der Waals surface area contributed by atoms with Gasteiger partial charge in [0, 0.05) is 7.05 Å². The Morgan fingerprint density at radius 2 is 2.18 bits per heavy atom. The van der Waals surface area contributed by atoms with Crippen LogP contribution in [0, 0.1) is 0 Å². The molecule has 0 fully saturated rings. The normalized spacial score (nSPS) is 10.4. The third-order valence-corrected chi connectivity index (χ3v) is 2.27. The number of ether oxygens (including phenoxy) is 1. The van der Waals surface area contributed by atoms with Crippen LogP contribution in [0.4, 0.5) is 20.2 Å². The lowest BCUT2D eigenvalue weighted by molar-refractivity contribution is 0.0601. The maximum atomic E-state index is 12.3. The molecule has 0 atom stereocenters. The van der Waals surface area contributed by atoms with Crippen LogP contribution in [0.3, 0.4) is 0 Å². The number of anilines is 2. The standard InChI is InChI=1S/C11H14F2N2O2/c1-15(6-9(12)13)10-7(11(16)17-2)4-3-5-8(10)14/h3-5,9H,6,14H2,1-2H3. The van der Waals surface area contributed by atoms with Crippen molar-refractivity contribution in [1.82, 2.24) is 0 Å². The van der Waals surface area contributed by atoms with Gasteiger partial charge in [-0.3, -0.25) is 0 Å². The number of para-hydroxylation sites is 1. The van der Waals surface area contributed by atoms with Gasteiger partial charge < -0.3 is 15.4 Å². The van der Waals surface area contributed by atoms with E-state index in [0.717, 1.165) is 0 Å². The van der Waals surface area contributed by atoms with E-state index in [-0.39, 0.29) is 16.9 Å². The van der Waals surface area contributed by atoms with Crippen LogP contribution in [0.15, 0.2) is 18.2 Å². The summed E-state index contributed by atoms with van der Waals surface area (Å²) >= 11 is 0. The minimum atomic E-state index is -2.51. The minimum Gasteiger partial charge on any atom is -0.465 e. The first-order chi connectivity index (χ1) is 7.97. The molecule has 0 radical (unpaired) electrons. The predicted octanol–water partition coefficient (Wildman–Crippen LogP) is 1.76. The van der Waals surface area contributed by atoms with Gasteiger partial charge in [0.25, 0.3) is 6.43 Å². The number of hydrogen-bond donors (Lipinski definition) is 1. The molecule has 4 nitrogen and oxygen atoms in total. The summed E-state index contributed by atoms with van der Waals surface area (Å²) in [6.45, 7) is -0.502. The molecule has 2 N–H and O–H groups in total. The third kappa shape index (κ3) is 3.05. The number of halogens is 2. The van der Waals surface area contributed by atoms with Crippen molar-refractivity contribution in [2.45, 2.75) is 6.43 Å². The fourth-order valence-electron chi connectivity index (χ4n) is 1.56. The molecular weight excluding hydrogens is 230 g/mol. The van der Waals surface area contributed by atoms with E-state index >= 15 is 0 Å². The Kier molecular flexibility index (Phi) is 4.25. The summed E-state index contributed by atoms with van der Waals surface area (Å²) in [6, 6.07) is 4.60.